The summed E-state index contributed by atoms with van der Waals surface area (Å²) in [7, 11) is 0. The molecule has 6 unspecified atom stereocenters. The number of anilines is 1. The van der Waals surface area contributed by atoms with Crippen LogP contribution in [0.15, 0.2) is 16.9 Å². The molecular formula is C21H28F4N2O3. The summed E-state index contributed by atoms with van der Waals surface area (Å²) in [4.78, 5) is 27.1. The second-order valence-electron chi connectivity index (χ2n) is 8.66. The molecular weight excluding hydrogens is 404 g/mol. The smallest absolute Gasteiger partial charge is 0.374 e. The van der Waals surface area contributed by atoms with Crippen molar-refractivity contribution in [2.45, 2.75) is 76.9 Å². The zero-order chi connectivity index (χ0) is 22.1. The molecule has 6 atom stereocenters. The summed E-state index contributed by atoms with van der Waals surface area (Å²) in [6.45, 7) is 3.51. The maximum Gasteiger partial charge on any atom is 0.391 e. The predicted molar refractivity (Wildman–Crippen MR) is 104 cm³/mol. The molecule has 0 aliphatic heterocycles. The van der Waals surface area contributed by atoms with Gasteiger partial charge in [0.1, 0.15) is 6.17 Å². The Kier molecular flexibility index (Phi) is 6.89. The molecule has 168 valence electrons. The summed E-state index contributed by atoms with van der Waals surface area (Å²) in [5, 5.41) is 2.58. The van der Waals surface area contributed by atoms with Crippen LogP contribution in [-0.4, -0.2) is 35.4 Å². The average Bonchev–Trinajstić information content (AvgIpc) is 2.62. The number of ether oxygens (including phenoxy) is 1. The van der Waals surface area contributed by atoms with Gasteiger partial charge in [0.05, 0.1) is 24.0 Å². The van der Waals surface area contributed by atoms with Crippen LogP contribution in [0.3, 0.4) is 0 Å². The number of carbonyl (C=O) groups is 1. The lowest BCUT2D eigenvalue weighted by Gasteiger charge is -2.40. The number of pyridine rings is 1. The van der Waals surface area contributed by atoms with Crippen molar-refractivity contribution in [3.8, 4) is 0 Å². The zero-order valence-electron chi connectivity index (χ0n) is 17.1. The summed E-state index contributed by atoms with van der Waals surface area (Å²) in [6, 6.07) is 2.74. The van der Waals surface area contributed by atoms with Gasteiger partial charge in [-0.2, -0.15) is 13.2 Å². The average molecular weight is 432 g/mol. The van der Waals surface area contributed by atoms with Crippen molar-refractivity contribution in [3.05, 3.63) is 28.2 Å². The molecule has 1 aromatic rings. The lowest BCUT2D eigenvalue weighted by Crippen LogP contribution is -2.45. The van der Waals surface area contributed by atoms with E-state index in [2.05, 4.69) is 10.3 Å². The Morgan fingerprint density at radius 2 is 1.83 bits per heavy atom. The van der Waals surface area contributed by atoms with Crippen LogP contribution in [0, 0.1) is 24.7 Å². The Bertz CT molecular complexity index is 810. The molecule has 1 amide bonds. The number of aromatic amines is 1. The molecule has 2 saturated carbocycles. The van der Waals surface area contributed by atoms with Gasteiger partial charge in [0, 0.05) is 17.4 Å². The van der Waals surface area contributed by atoms with Crippen LogP contribution in [-0.2, 0) is 9.53 Å². The van der Waals surface area contributed by atoms with Crippen molar-refractivity contribution in [3.63, 3.8) is 0 Å². The molecule has 0 radical (unpaired) electrons. The lowest BCUT2D eigenvalue weighted by molar-refractivity contribution is -0.199. The first-order chi connectivity index (χ1) is 14.0. The molecule has 1 aromatic heterocycles. The highest BCUT2D eigenvalue weighted by molar-refractivity contribution is 5.93. The van der Waals surface area contributed by atoms with Crippen molar-refractivity contribution in [1.29, 1.82) is 0 Å². The van der Waals surface area contributed by atoms with Crippen LogP contribution in [0.4, 0.5) is 23.2 Å². The zero-order valence-corrected chi connectivity index (χ0v) is 17.1. The van der Waals surface area contributed by atoms with E-state index in [-0.39, 0.29) is 37.0 Å². The number of nitrogens with one attached hydrogen (secondary N) is 2. The quantitative estimate of drug-likeness (QED) is 0.688. The highest BCUT2D eigenvalue weighted by Gasteiger charge is 2.48. The molecule has 2 fully saturated rings. The number of aryl methyl sites for hydroxylation is 1. The maximum atomic E-state index is 13.6. The topological polar surface area (TPSA) is 71.2 Å². The van der Waals surface area contributed by atoms with Gasteiger partial charge in [-0.25, -0.2) is 4.39 Å². The second kappa shape index (κ2) is 9.08. The first-order valence-electron chi connectivity index (χ1n) is 10.4. The highest BCUT2D eigenvalue weighted by Crippen LogP contribution is 2.42. The Balaban J connectivity index is 1.76. The first-order valence-corrected chi connectivity index (χ1v) is 10.4. The van der Waals surface area contributed by atoms with E-state index in [1.807, 2.05) is 6.92 Å². The number of aromatic nitrogens is 1. The van der Waals surface area contributed by atoms with Gasteiger partial charge in [0.2, 0.25) is 11.5 Å². The minimum Gasteiger partial charge on any atom is -0.374 e. The minimum atomic E-state index is -4.39. The molecule has 30 heavy (non-hydrogen) atoms. The third kappa shape index (κ3) is 5.62. The number of alkyl halides is 4. The maximum absolute atomic E-state index is 13.6. The Hall–Kier alpha value is -1.90. The Morgan fingerprint density at radius 3 is 2.47 bits per heavy atom. The van der Waals surface area contributed by atoms with E-state index in [9.17, 15) is 27.2 Å². The number of rotatable bonds is 4. The van der Waals surface area contributed by atoms with Crippen LogP contribution < -0.4 is 10.9 Å². The molecule has 0 saturated heterocycles. The van der Waals surface area contributed by atoms with Crippen molar-refractivity contribution in [2.75, 3.05) is 5.32 Å². The molecule has 2 aliphatic carbocycles. The monoisotopic (exact) mass is 432 g/mol. The van der Waals surface area contributed by atoms with E-state index in [4.69, 9.17) is 4.74 Å². The van der Waals surface area contributed by atoms with Gasteiger partial charge >= 0.3 is 6.18 Å². The van der Waals surface area contributed by atoms with Gasteiger partial charge in [-0.05, 0) is 57.4 Å². The molecule has 0 aromatic carbocycles. The number of carbonyl (C=O) groups excluding carboxylic acids is 1. The van der Waals surface area contributed by atoms with Crippen molar-refractivity contribution in [2.24, 2.45) is 17.8 Å². The van der Waals surface area contributed by atoms with E-state index < -0.39 is 41.8 Å². The number of hydrogen-bond donors (Lipinski definition) is 2. The number of H-pyrrole nitrogens is 1. The molecule has 1 heterocycles. The molecule has 2 aliphatic rings. The van der Waals surface area contributed by atoms with E-state index in [0.29, 0.717) is 25.0 Å². The predicted octanol–water partition coefficient (Wildman–Crippen LogP) is 4.51. The van der Waals surface area contributed by atoms with Gasteiger partial charge in [0.25, 0.3) is 0 Å². The Labute approximate surface area is 172 Å². The van der Waals surface area contributed by atoms with E-state index >= 15 is 0 Å². The second-order valence-corrected chi connectivity index (χ2v) is 8.66. The van der Waals surface area contributed by atoms with E-state index in [0.717, 1.165) is 0 Å². The van der Waals surface area contributed by atoms with Gasteiger partial charge < -0.3 is 15.0 Å². The van der Waals surface area contributed by atoms with Crippen LogP contribution in [0.1, 0.15) is 51.1 Å². The van der Waals surface area contributed by atoms with Gasteiger partial charge in [-0.3, -0.25) is 9.59 Å². The lowest BCUT2D eigenvalue weighted by atomic mass is 9.77. The van der Waals surface area contributed by atoms with Crippen molar-refractivity contribution in [1.82, 2.24) is 4.98 Å². The normalized spacial score (nSPS) is 32.6. The summed E-state index contributed by atoms with van der Waals surface area (Å²) in [5.41, 5.74) is 0.353. The molecule has 5 nitrogen and oxygen atoms in total. The van der Waals surface area contributed by atoms with Crippen LogP contribution in [0.2, 0.25) is 0 Å². The summed E-state index contributed by atoms with van der Waals surface area (Å²) in [5.74, 6) is -3.23. The third-order valence-electron chi connectivity index (χ3n) is 6.21. The molecule has 3 rings (SSSR count). The van der Waals surface area contributed by atoms with E-state index in [1.165, 1.54) is 6.07 Å². The SMILES string of the molecule is Cc1cc(NC(=O)C2CC(C(F)(F)F)CCC2OC2CCC(F)CC2C)cc(=O)[nH]1. The summed E-state index contributed by atoms with van der Waals surface area (Å²) in [6.07, 6.45) is -5.38. The summed E-state index contributed by atoms with van der Waals surface area (Å²) >= 11 is 0. The number of halogens is 4. The first kappa shape index (κ1) is 22.8. The molecule has 0 bridgehead atoms. The fraction of sp³-hybridized carbons (Fsp3) is 0.714. The summed E-state index contributed by atoms with van der Waals surface area (Å²) < 4.78 is 59.7. The van der Waals surface area contributed by atoms with Crippen LogP contribution in [0.5, 0.6) is 0 Å². The van der Waals surface area contributed by atoms with Crippen LogP contribution in [0.25, 0.3) is 0 Å². The number of amides is 1. The largest absolute Gasteiger partial charge is 0.391 e. The minimum absolute atomic E-state index is 0.0619. The van der Waals surface area contributed by atoms with Gasteiger partial charge in [-0.15, -0.1) is 0 Å². The number of hydrogen-bond acceptors (Lipinski definition) is 3. The highest BCUT2D eigenvalue weighted by atomic mass is 19.4. The molecule has 9 heteroatoms. The van der Waals surface area contributed by atoms with Crippen molar-refractivity contribution < 1.29 is 27.1 Å². The van der Waals surface area contributed by atoms with Gasteiger partial charge in [-0.1, -0.05) is 6.92 Å². The van der Waals surface area contributed by atoms with Crippen LogP contribution >= 0.6 is 0 Å². The molecule has 0 spiro atoms. The fourth-order valence-corrected chi connectivity index (χ4v) is 4.60. The van der Waals surface area contributed by atoms with E-state index in [1.54, 1.807) is 13.0 Å². The fourth-order valence-electron chi connectivity index (χ4n) is 4.60. The molecule has 2 N–H and O–H groups in total. The Morgan fingerprint density at radius 1 is 1.13 bits per heavy atom. The van der Waals surface area contributed by atoms with Gasteiger partial charge in [0.15, 0.2) is 0 Å². The third-order valence-corrected chi connectivity index (χ3v) is 6.21. The van der Waals surface area contributed by atoms with Crippen molar-refractivity contribution >= 4 is 11.6 Å². The standard InChI is InChI=1S/C21H28F4N2O3/c1-11-7-14(22)4-6-17(11)30-18-5-3-13(21(23,24)25)9-16(18)20(29)27-15-8-12(2)26-19(28)10-15/h8,10-11,13-14,16-18H,3-7,9H2,1-2H3,(H2,26,27,28,29).